The molecule has 0 saturated heterocycles. The second-order valence-electron chi connectivity index (χ2n) is 11.0. The number of aliphatic hydroxyl groups is 2. The van der Waals surface area contributed by atoms with Crippen LogP contribution >= 0.6 is 0 Å². The molecule has 4 aliphatic carbocycles. The Labute approximate surface area is 176 Å². The van der Waals surface area contributed by atoms with E-state index in [4.69, 9.17) is 10.6 Å². The monoisotopic (exact) mass is 406 g/mol. The fraction of sp³-hybridized carbons (Fsp3) is 0.958. The number of aliphatic hydroxyl groups excluding tert-OH is 1. The Morgan fingerprint density at radius 1 is 1.03 bits per heavy atom. The number of hydrogen-bond donors (Lipinski definition) is 3. The molecule has 0 aromatic rings. The molecular weight excluding hydrogens is 364 g/mol. The topological polar surface area (TPSA) is 88.1 Å². The molecule has 0 aromatic heterocycles. The van der Waals surface area contributed by atoms with Crippen molar-refractivity contribution in [2.24, 2.45) is 45.4 Å². The van der Waals surface area contributed by atoms with Gasteiger partial charge in [0.2, 0.25) is 0 Å². The molecule has 5 heteroatoms. The van der Waals surface area contributed by atoms with Gasteiger partial charge in [0, 0.05) is 17.5 Å². The van der Waals surface area contributed by atoms with Gasteiger partial charge in [0.1, 0.15) is 6.61 Å². The minimum absolute atomic E-state index is 0.102. The third kappa shape index (κ3) is 3.45. The van der Waals surface area contributed by atoms with Crippen molar-refractivity contribution in [3.8, 4) is 0 Å². The highest BCUT2D eigenvalue weighted by molar-refractivity contribution is 5.63. The Bertz CT molecular complexity index is 613. The first-order valence-corrected chi connectivity index (χ1v) is 12.1. The Morgan fingerprint density at radius 2 is 1.86 bits per heavy atom. The highest BCUT2D eigenvalue weighted by Crippen LogP contribution is 2.68. The number of nitrogens with two attached hydrogens (primary N) is 1. The molecule has 0 amide bonds. The van der Waals surface area contributed by atoms with Gasteiger partial charge in [0.25, 0.3) is 0 Å². The summed E-state index contributed by atoms with van der Waals surface area (Å²) in [6, 6.07) is 0. The van der Waals surface area contributed by atoms with E-state index in [9.17, 15) is 10.2 Å². The van der Waals surface area contributed by atoms with Gasteiger partial charge in [-0.15, -0.1) is 0 Å². The van der Waals surface area contributed by atoms with Crippen LogP contribution in [0.1, 0.15) is 84.5 Å². The molecule has 8 atom stereocenters. The van der Waals surface area contributed by atoms with Crippen molar-refractivity contribution >= 4 is 6.21 Å². The van der Waals surface area contributed by atoms with E-state index in [1.54, 1.807) is 0 Å². The van der Waals surface area contributed by atoms with E-state index in [0.717, 1.165) is 64.2 Å². The SMILES string of the molecule is C[C@]12CCC(O)CC1CC[C@@H]1[C@H]2CC[C@]2(C)C(/C=N/OCCCCN)CC[C@@]12O. The average molecular weight is 407 g/mol. The van der Waals surface area contributed by atoms with Gasteiger partial charge in [-0.25, -0.2) is 0 Å². The Kier molecular flexibility index (Phi) is 6.04. The lowest BCUT2D eigenvalue weighted by Crippen LogP contribution is -2.62. The lowest BCUT2D eigenvalue weighted by molar-refractivity contribution is -0.206. The maximum atomic E-state index is 12.1. The van der Waals surface area contributed by atoms with Gasteiger partial charge in [-0.1, -0.05) is 19.0 Å². The van der Waals surface area contributed by atoms with E-state index >= 15 is 0 Å². The van der Waals surface area contributed by atoms with Gasteiger partial charge >= 0.3 is 0 Å². The Balaban J connectivity index is 1.47. The van der Waals surface area contributed by atoms with Crippen LogP contribution < -0.4 is 5.73 Å². The molecule has 0 heterocycles. The predicted molar refractivity (Wildman–Crippen MR) is 115 cm³/mol. The molecule has 4 fully saturated rings. The average Bonchev–Trinajstić information content (AvgIpc) is 2.96. The van der Waals surface area contributed by atoms with Crippen LogP contribution in [0.2, 0.25) is 0 Å². The first-order chi connectivity index (χ1) is 13.8. The molecule has 0 radical (unpaired) electrons. The summed E-state index contributed by atoms with van der Waals surface area (Å²) in [5, 5.41) is 26.6. The summed E-state index contributed by atoms with van der Waals surface area (Å²) in [6.07, 6.45) is 13.2. The molecule has 0 bridgehead atoms. The molecule has 0 aromatic carbocycles. The highest BCUT2D eigenvalue weighted by Gasteiger charge is 2.66. The summed E-state index contributed by atoms with van der Waals surface area (Å²) in [6.45, 7) is 6.09. The van der Waals surface area contributed by atoms with E-state index in [1.807, 2.05) is 6.21 Å². The third-order valence-corrected chi connectivity index (χ3v) is 9.90. The van der Waals surface area contributed by atoms with E-state index in [0.29, 0.717) is 36.8 Å². The smallest absolute Gasteiger partial charge is 0.117 e. The van der Waals surface area contributed by atoms with Crippen LogP contribution in [0.4, 0.5) is 0 Å². The summed E-state index contributed by atoms with van der Waals surface area (Å²) < 4.78 is 0. The van der Waals surface area contributed by atoms with Crippen LogP contribution in [0.5, 0.6) is 0 Å². The maximum absolute atomic E-state index is 12.1. The molecule has 4 aliphatic rings. The maximum Gasteiger partial charge on any atom is 0.117 e. The summed E-state index contributed by atoms with van der Waals surface area (Å²) >= 11 is 0. The zero-order valence-electron chi connectivity index (χ0n) is 18.5. The quantitative estimate of drug-likeness (QED) is 0.355. The molecule has 5 nitrogen and oxygen atoms in total. The lowest BCUT2D eigenvalue weighted by atomic mass is 9.43. The summed E-state index contributed by atoms with van der Waals surface area (Å²) in [5.74, 6) is 1.90. The number of oxime groups is 1. The van der Waals surface area contributed by atoms with Crippen molar-refractivity contribution in [2.45, 2.75) is 96.2 Å². The largest absolute Gasteiger partial charge is 0.396 e. The van der Waals surface area contributed by atoms with Gasteiger partial charge in [-0.2, -0.15) is 0 Å². The van der Waals surface area contributed by atoms with Gasteiger partial charge in [-0.05, 0) is 100 Å². The van der Waals surface area contributed by atoms with Gasteiger partial charge in [0.05, 0.1) is 11.7 Å². The zero-order chi connectivity index (χ0) is 20.7. The van der Waals surface area contributed by atoms with Gasteiger partial charge in [-0.3, -0.25) is 0 Å². The van der Waals surface area contributed by atoms with E-state index in [-0.39, 0.29) is 16.9 Å². The van der Waals surface area contributed by atoms with Crippen LogP contribution in [-0.2, 0) is 4.84 Å². The second-order valence-corrected chi connectivity index (χ2v) is 11.0. The number of fused-ring (bicyclic) bond motifs is 5. The third-order valence-electron chi connectivity index (χ3n) is 9.90. The molecular formula is C24H42N2O3. The number of hydrogen-bond acceptors (Lipinski definition) is 5. The van der Waals surface area contributed by atoms with Crippen LogP contribution in [0, 0.1) is 34.5 Å². The molecule has 0 aliphatic heterocycles. The van der Waals surface area contributed by atoms with Crippen molar-refractivity contribution in [2.75, 3.05) is 13.2 Å². The van der Waals surface area contributed by atoms with E-state index in [1.165, 1.54) is 6.42 Å². The molecule has 0 spiro atoms. The molecule has 166 valence electrons. The minimum atomic E-state index is -0.587. The molecule has 3 unspecified atom stereocenters. The summed E-state index contributed by atoms with van der Waals surface area (Å²) in [4.78, 5) is 5.47. The van der Waals surface area contributed by atoms with Crippen molar-refractivity contribution in [1.82, 2.24) is 0 Å². The molecule has 29 heavy (non-hydrogen) atoms. The fourth-order valence-electron chi connectivity index (χ4n) is 7.96. The van der Waals surface area contributed by atoms with Crippen LogP contribution in [0.15, 0.2) is 5.16 Å². The van der Waals surface area contributed by atoms with Crippen LogP contribution in [-0.4, -0.2) is 41.3 Å². The Morgan fingerprint density at radius 3 is 2.66 bits per heavy atom. The second kappa shape index (κ2) is 8.12. The van der Waals surface area contributed by atoms with Crippen LogP contribution in [0.3, 0.4) is 0 Å². The van der Waals surface area contributed by atoms with Crippen molar-refractivity contribution < 1.29 is 15.1 Å². The highest BCUT2D eigenvalue weighted by atomic mass is 16.6. The van der Waals surface area contributed by atoms with Crippen molar-refractivity contribution in [3.63, 3.8) is 0 Å². The number of rotatable bonds is 6. The lowest BCUT2D eigenvalue weighted by Gasteiger charge is -2.63. The first kappa shape index (κ1) is 21.6. The van der Waals surface area contributed by atoms with Crippen LogP contribution in [0.25, 0.3) is 0 Å². The van der Waals surface area contributed by atoms with E-state index in [2.05, 4.69) is 19.0 Å². The van der Waals surface area contributed by atoms with Gasteiger partial charge < -0.3 is 20.8 Å². The zero-order valence-corrected chi connectivity index (χ0v) is 18.5. The standard InChI is InChI=1S/C24H42N2O3/c1-22-10-8-19(27)15-17(22)5-6-21-20(22)9-11-23(2)18(7-12-24(21,23)28)16-26-29-14-4-3-13-25/h16-21,27-28H,3-15,25H2,1-2H3/b26-16+/t17?,18?,19?,20-,21-,22+,23-,24-/m1/s1. The normalized spacial score (nSPS) is 49.5. The summed E-state index contributed by atoms with van der Waals surface area (Å²) in [5.41, 5.74) is 5.12. The van der Waals surface area contributed by atoms with Gasteiger partial charge in [0.15, 0.2) is 0 Å². The van der Waals surface area contributed by atoms with E-state index < -0.39 is 5.60 Å². The number of nitrogens with zero attached hydrogens (tertiary/aromatic N) is 1. The first-order valence-electron chi connectivity index (χ1n) is 12.1. The summed E-state index contributed by atoms with van der Waals surface area (Å²) in [7, 11) is 0. The van der Waals surface area contributed by atoms with Crippen molar-refractivity contribution in [1.29, 1.82) is 0 Å². The fourth-order valence-corrected chi connectivity index (χ4v) is 7.96. The minimum Gasteiger partial charge on any atom is -0.396 e. The molecule has 4 saturated carbocycles. The molecule has 4 rings (SSSR count). The Hall–Kier alpha value is -0.650. The number of unbranched alkanes of at least 4 members (excludes halogenated alkanes) is 1. The van der Waals surface area contributed by atoms with Crippen molar-refractivity contribution in [3.05, 3.63) is 0 Å². The molecule has 4 N–H and O–H groups in total. The predicted octanol–water partition coefficient (Wildman–Crippen LogP) is 3.86.